The Kier molecular flexibility index (Phi) is 10.1. The quantitative estimate of drug-likeness (QED) is 0.0806. The van der Waals surface area contributed by atoms with Crippen molar-refractivity contribution >= 4 is 31.7 Å². The van der Waals surface area contributed by atoms with E-state index in [4.69, 9.17) is 14.2 Å². The van der Waals surface area contributed by atoms with Gasteiger partial charge in [0.15, 0.2) is 0 Å². The topological polar surface area (TPSA) is 78.9 Å². The molecule has 6 nitrogen and oxygen atoms in total. The van der Waals surface area contributed by atoms with E-state index in [1.165, 1.54) is 5.56 Å². The van der Waals surface area contributed by atoms with Gasteiger partial charge in [0.2, 0.25) is 9.84 Å². The lowest BCUT2D eigenvalue weighted by atomic mass is 9.78. The van der Waals surface area contributed by atoms with E-state index in [2.05, 4.69) is 50.5 Å². The lowest BCUT2D eigenvalue weighted by Crippen LogP contribution is -2.29. The number of esters is 1. The van der Waals surface area contributed by atoms with Gasteiger partial charge in [0.1, 0.15) is 33.1 Å². The molecular weight excluding hydrogens is 700 g/mol. The van der Waals surface area contributed by atoms with Gasteiger partial charge in [-0.15, -0.1) is 0 Å². The first kappa shape index (κ1) is 35.9. The van der Waals surface area contributed by atoms with E-state index in [1.807, 2.05) is 60.7 Å². The predicted octanol–water partition coefficient (Wildman–Crippen LogP) is 10.8. The van der Waals surface area contributed by atoms with E-state index in [0.29, 0.717) is 28.7 Å². The SMILES string of the molecule is CC(C)(Br)C(=O)Oc1ccc(C(C)(C)c2ccc(Oc3ccc(S(=O)(=O)c4ccc(Oc5ccc(C(C)(C)C)cc5)cc4)cc3)cc2)cc1. The highest BCUT2D eigenvalue weighted by atomic mass is 79.9. The molecule has 0 heterocycles. The van der Waals surface area contributed by atoms with Gasteiger partial charge in [-0.1, -0.05) is 86.9 Å². The second-order valence-corrected chi connectivity index (χ2v) is 17.9. The first-order chi connectivity index (χ1) is 22.9. The van der Waals surface area contributed by atoms with Crippen molar-refractivity contribution in [3.63, 3.8) is 0 Å². The fraction of sp³-hybridized carbons (Fsp3) is 0.244. The van der Waals surface area contributed by atoms with Crippen molar-refractivity contribution in [1.29, 1.82) is 0 Å². The second kappa shape index (κ2) is 13.8. The molecule has 0 amide bonds. The standard InChI is InChI=1S/C41H41BrO6S/c1-39(2,3)28-8-14-31(15-9-28)46-33-20-24-36(25-21-33)49(44,45)37-26-22-34(23-27-37)47-32-16-10-29(11-17-32)40(4,5)30-12-18-35(19-13-30)48-38(43)41(6,7)42/h8-27H,1-7H3. The number of alkyl halides is 1. The van der Waals surface area contributed by atoms with E-state index in [1.54, 1.807) is 74.5 Å². The van der Waals surface area contributed by atoms with Crippen molar-refractivity contribution in [2.45, 2.75) is 73.4 Å². The third kappa shape index (κ3) is 8.61. The maximum atomic E-state index is 13.4. The maximum absolute atomic E-state index is 13.4. The summed E-state index contributed by atoms with van der Waals surface area (Å²) >= 11 is 3.33. The fourth-order valence-corrected chi connectivity index (χ4v) is 6.42. The Morgan fingerprint density at radius 1 is 0.490 bits per heavy atom. The summed E-state index contributed by atoms with van der Waals surface area (Å²) in [6.45, 7) is 14.2. The third-order valence-electron chi connectivity index (χ3n) is 8.31. The predicted molar refractivity (Wildman–Crippen MR) is 197 cm³/mol. The summed E-state index contributed by atoms with van der Waals surface area (Å²) in [5, 5.41) is 0. The van der Waals surface area contributed by atoms with Crippen molar-refractivity contribution < 1.29 is 27.4 Å². The Morgan fingerprint density at radius 2 is 0.796 bits per heavy atom. The van der Waals surface area contributed by atoms with Gasteiger partial charge < -0.3 is 14.2 Å². The molecule has 0 aliphatic carbocycles. The van der Waals surface area contributed by atoms with Gasteiger partial charge in [0, 0.05) is 5.41 Å². The van der Waals surface area contributed by atoms with Crippen LogP contribution in [0.15, 0.2) is 131 Å². The van der Waals surface area contributed by atoms with Gasteiger partial charge in [-0.2, -0.15) is 0 Å². The number of benzene rings is 5. The van der Waals surface area contributed by atoms with Crippen LogP contribution >= 0.6 is 15.9 Å². The molecule has 5 rings (SSSR count). The number of hydrogen-bond donors (Lipinski definition) is 0. The van der Waals surface area contributed by atoms with Crippen molar-refractivity contribution in [3.05, 3.63) is 138 Å². The van der Waals surface area contributed by atoms with Crippen LogP contribution in [0.25, 0.3) is 0 Å². The van der Waals surface area contributed by atoms with Gasteiger partial charge >= 0.3 is 5.97 Å². The maximum Gasteiger partial charge on any atom is 0.327 e. The van der Waals surface area contributed by atoms with Gasteiger partial charge in [-0.25, -0.2) is 8.42 Å². The van der Waals surface area contributed by atoms with Crippen LogP contribution in [0.2, 0.25) is 0 Å². The molecule has 0 aliphatic rings. The number of carbonyl (C=O) groups is 1. The molecular formula is C41H41BrO6S. The van der Waals surface area contributed by atoms with Crippen molar-refractivity contribution in [2.75, 3.05) is 0 Å². The van der Waals surface area contributed by atoms with Crippen LogP contribution in [-0.2, 0) is 25.5 Å². The van der Waals surface area contributed by atoms with Crippen molar-refractivity contribution in [1.82, 2.24) is 0 Å². The zero-order chi connectivity index (χ0) is 35.6. The van der Waals surface area contributed by atoms with E-state index in [0.717, 1.165) is 11.1 Å². The largest absolute Gasteiger partial charge is 0.457 e. The zero-order valence-electron chi connectivity index (χ0n) is 28.8. The molecule has 0 spiro atoms. The highest BCUT2D eigenvalue weighted by Gasteiger charge is 2.27. The molecule has 254 valence electrons. The molecule has 0 saturated carbocycles. The molecule has 5 aromatic rings. The van der Waals surface area contributed by atoms with E-state index in [-0.39, 0.29) is 26.6 Å². The van der Waals surface area contributed by atoms with Crippen LogP contribution in [0, 0.1) is 0 Å². The Balaban J connectivity index is 1.21. The third-order valence-corrected chi connectivity index (χ3v) is 10.4. The summed E-state index contributed by atoms with van der Waals surface area (Å²) in [5.74, 6) is 2.50. The normalized spacial score (nSPS) is 12.3. The summed E-state index contributed by atoms with van der Waals surface area (Å²) in [6.07, 6.45) is 0. The zero-order valence-corrected chi connectivity index (χ0v) is 31.2. The first-order valence-electron chi connectivity index (χ1n) is 16.0. The Hall–Kier alpha value is -4.40. The van der Waals surface area contributed by atoms with Gasteiger partial charge in [0.05, 0.1) is 9.79 Å². The van der Waals surface area contributed by atoms with Crippen molar-refractivity contribution in [3.8, 4) is 28.7 Å². The summed E-state index contributed by atoms with van der Waals surface area (Å²) in [6, 6.07) is 36.0. The molecule has 49 heavy (non-hydrogen) atoms. The minimum Gasteiger partial charge on any atom is -0.457 e. The average Bonchev–Trinajstić information content (AvgIpc) is 3.05. The summed E-state index contributed by atoms with van der Waals surface area (Å²) in [7, 11) is -3.74. The highest BCUT2D eigenvalue weighted by molar-refractivity contribution is 9.10. The lowest BCUT2D eigenvalue weighted by molar-refractivity contribution is -0.136. The lowest BCUT2D eigenvalue weighted by Gasteiger charge is -2.26. The molecule has 0 radical (unpaired) electrons. The number of sulfone groups is 1. The number of hydrogen-bond acceptors (Lipinski definition) is 6. The van der Waals surface area contributed by atoms with Gasteiger partial charge in [-0.05, 0) is 121 Å². The summed E-state index contributed by atoms with van der Waals surface area (Å²) < 4.78 is 43.4. The van der Waals surface area contributed by atoms with Crippen LogP contribution < -0.4 is 14.2 Å². The number of carbonyl (C=O) groups excluding carboxylic acids is 1. The smallest absolute Gasteiger partial charge is 0.327 e. The Bertz CT molecular complexity index is 2000. The number of halogens is 1. The van der Waals surface area contributed by atoms with E-state index >= 15 is 0 Å². The van der Waals surface area contributed by atoms with Gasteiger partial charge in [0.25, 0.3) is 0 Å². The minimum absolute atomic E-state index is 0.0458. The molecule has 0 unspecified atom stereocenters. The van der Waals surface area contributed by atoms with Crippen molar-refractivity contribution in [2.24, 2.45) is 0 Å². The minimum atomic E-state index is -3.74. The molecule has 8 heteroatoms. The molecule has 0 N–H and O–H groups in total. The van der Waals surface area contributed by atoms with Crippen LogP contribution in [0.1, 0.15) is 65.2 Å². The second-order valence-electron chi connectivity index (χ2n) is 14.0. The van der Waals surface area contributed by atoms with Crippen LogP contribution in [-0.4, -0.2) is 18.7 Å². The molecule has 0 aliphatic heterocycles. The average molecular weight is 742 g/mol. The molecule has 5 aromatic carbocycles. The molecule has 0 aromatic heterocycles. The van der Waals surface area contributed by atoms with Crippen LogP contribution in [0.4, 0.5) is 0 Å². The molecule has 0 bridgehead atoms. The summed E-state index contributed by atoms with van der Waals surface area (Å²) in [4.78, 5) is 12.5. The molecule has 0 saturated heterocycles. The monoisotopic (exact) mass is 740 g/mol. The van der Waals surface area contributed by atoms with Crippen LogP contribution in [0.5, 0.6) is 28.7 Å². The molecule has 0 atom stereocenters. The number of ether oxygens (including phenoxy) is 3. The number of rotatable bonds is 10. The first-order valence-corrected chi connectivity index (χ1v) is 18.2. The molecule has 0 fully saturated rings. The Morgan fingerprint density at radius 3 is 1.12 bits per heavy atom. The Labute approximate surface area is 298 Å². The van der Waals surface area contributed by atoms with Gasteiger partial charge in [-0.3, -0.25) is 4.79 Å². The fourth-order valence-electron chi connectivity index (χ4n) is 5.08. The van der Waals surface area contributed by atoms with E-state index < -0.39 is 14.2 Å². The summed E-state index contributed by atoms with van der Waals surface area (Å²) in [5.41, 5.74) is 3.06. The van der Waals surface area contributed by atoms with E-state index in [9.17, 15) is 13.2 Å². The highest BCUT2D eigenvalue weighted by Crippen LogP contribution is 2.35. The van der Waals surface area contributed by atoms with Crippen LogP contribution in [0.3, 0.4) is 0 Å².